The van der Waals surface area contributed by atoms with Crippen LogP contribution < -0.4 is 17.0 Å². The third-order valence-corrected chi connectivity index (χ3v) is 2.52. The zero-order chi connectivity index (χ0) is 7.61. The monoisotopic (exact) mass is 242 g/mol. The Hall–Kier alpha value is 1.25. The Kier molecular flexibility index (Phi) is 8.72. The van der Waals surface area contributed by atoms with E-state index in [0.717, 1.165) is 0 Å². The smallest absolute Gasteiger partial charge is 1.00 e. The Morgan fingerprint density at radius 1 is 0.917 bits per heavy atom. The molecular weight excluding hydrogens is 224 g/mol. The van der Waals surface area contributed by atoms with E-state index in [1.165, 1.54) is 32.1 Å². The molecule has 1 aliphatic rings. The molecule has 0 aromatic rings. The van der Waals surface area contributed by atoms with Gasteiger partial charge in [0.25, 0.3) is 0 Å². The second kappa shape index (κ2) is 6.66. The molecule has 12 heavy (non-hydrogen) atoms. The van der Waals surface area contributed by atoms with E-state index in [4.69, 9.17) is 0 Å². The summed E-state index contributed by atoms with van der Waals surface area (Å²) in [5.41, 5.74) is 0.487. The van der Waals surface area contributed by atoms with Gasteiger partial charge in [-0.2, -0.15) is 18.3 Å². The maximum Gasteiger partial charge on any atom is 2.00 e. The predicted octanol–water partition coefficient (Wildman–Crippen LogP) is 0.194. The molecule has 1 fully saturated rings. The van der Waals surface area contributed by atoms with E-state index in [1.807, 2.05) is 0 Å². The van der Waals surface area contributed by atoms with Crippen molar-refractivity contribution in [1.82, 2.24) is 0 Å². The van der Waals surface area contributed by atoms with Crippen LogP contribution in [-0.2, 0) is 0 Å². The van der Waals surface area contributed by atoms with Crippen LogP contribution in [0.1, 0.15) is 52.9 Å². The minimum Gasteiger partial charge on any atom is -1.00 e. The summed E-state index contributed by atoms with van der Waals surface area (Å²) in [5.74, 6) is 1.79. The first kappa shape index (κ1) is 15.7. The summed E-state index contributed by atoms with van der Waals surface area (Å²) in [6, 6.07) is 0. The third kappa shape index (κ3) is 5.08. The SMILES string of the molecule is CC(C)(C)[C-]1CCCCC1.[Br-].[Mg+2]. The van der Waals surface area contributed by atoms with Gasteiger partial charge in [-0.3, -0.25) is 0 Å². The minimum atomic E-state index is 0. The Morgan fingerprint density at radius 3 is 1.58 bits per heavy atom. The molecule has 0 nitrogen and oxygen atoms in total. The van der Waals surface area contributed by atoms with Crippen LogP contribution in [0.15, 0.2) is 0 Å². The summed E-state index contributed by atoms with van der Waals surface area (Å²) in [6.45, 7) is 7.02. The van der Waals surface area contributed by atoms with Crippen LogP contribution in [0.25, 0.3) is 0 Å². The fourth-order valence-corrected chi connectivity index (χ4v) is 1.73. The van der Waals surface area contributed by atoms with Gasteiger partial charge in [-0.25, -0.2) is 0 Å². The molecule has 0 atom stereocenters. The van der Waals surface area contributed by atoms with E-state index in [9.17, 15) is 0 Å². The topological polar surface area (TPSA) is 0 Å². The van der Waals surface area contributed by atoms with E-state index in [-0.39, 0.29) is 40.0 Å². The zero-order valence-electron chi connectivity index (χ0n) is 8.62. The summed E-state index contributed by atoms with van der Waals surface area (Å²) in [4.78, 5) is 0. The zero-order valence-corrected chi connectivity index (χ0v) is 11.6. The Labute approximate surface area is 104 Å². The van der Waals surface area contributed by atoms with Crippen LogP contribution >= 0.6 is 0 Å². The van der Waals surface area contributed by atoms with Crippen molar-refractivity contribution in [1.29, 1.82) is 0 Å². The van der Waals surface area contributed by atoms with Crippen molar-refractivity contribution in [2.75, 3.05) is 0 Å². The summed E-state index contributed by atoms with van der Waals surface area (Å²) in [6.07, 6.45) is 7.12. The van der Waals surface area contributed by atoms with Gasteiger partial charge in [0.2, 0.25) is 0 Å². The first-order chi connectivity index (χ1) is 4.61. The second-order valence-corrected chi connectivity index (χ2v) is 4.41. The molecule has 68 valence electrons. The number of hydrogen-bond acceptors (Lipinski definition) is 0. The molecule has 2 heteroatoms. The van der Waals surface area contributed by atoms with Gasteiger partial charge in [0, 0.05) is 0 Å². The average Bonchev–Trinajstić information content (AvgIpc) is 1.88. The van der Waals surface area contributed by atoms with Crippen molar-refractivity contribution in [3.8, 4) is 0 Å². The van der Waals surface area contributed by atoms with Crippen LogP contribution in [0.2, 0.25) is 0 Å². The van der Waals surface area contributed by atoms with Gasteiger partial charge in [0.15, 0.2) is 0 Å². The van der Waals surface area contributed by atoms with Crippen molar-refractivity contribution in [3.63, 3.8) is 0 Å². The van der Waals surface area contributed by atoms with Crippen molar-refractivity contribution in [2.45, 2.75) is 52.9 Å². The van der Waals surface area contributed by atoms with Gasteiger partial charge in [-0.15, -0.1) is 0 Å². The van der Waals surface area contributed by atoms with E-state index in [1.54, 1.807) is 5.92 Å². The summed E-state index contributed by atoms with van der Waals surface area (Å²) >= 11 is 0. The molecule has 0 spiro atoms. The number of rotatable bonds is 0. The van der Waals surface area contributed by atoms with Crippen LogP contribution in [0.5, 0.6) is 0 Å². The molecule has 0 radical (unpaired) electrons. The molecule has 0 bridgehead atoms. The first-order valence-electron chi connectivity index (χ1n) is 4.46. The second-order valence-electron chi connectivity index (χ2n) is 4.41. The van der Waals surface area contributed by atoms with Crippen molar-refractivity contribution in [2.24, 2.45) is 5.41 Å². The summed E-state index contributed by atoms with van der Waals surface area (Å²) in [5, 5.41) is 0. The summed E-state index contributed by atoms with van der Waals surface area (Å²) in [7, 11) is 0. The van der Waals surface area contributed by atoms with E-state index < -0.39 is 0 Å². The maximum atomic E-state index is 2.34. The van der Waals surface area contributed by atoms with Gasteiger partial charge >= 0.3 is 23.1 Å². The van der Waals surface area contributed by atoms with Crippen LogP contribution in [0, 0.1) is 11.3 Å². The molecule has 0 N–H and O–H groups in total. The predicted molar refractivity (Wildman–Crippen MR) is 51.5 cm³/mol. The Bertz CT molecular complexity index is 101. The maximum absolute atomic E-state index is 2.34. The molecule has 0 aromatic heterocycles. The fourth-order valence-electron chi connectivity index (χ4n) is 1.73. The third-order valence-electron chi connectivity index (χ3n) is 2.52. The van der Waals surface area contributed by atoms with Crippen LogP contribution in [0.4, 0.5) is 0 Å². The van der Waals surface area contributed by atoms with E-state index >= 15 is 0 Å². The first-order valence-corrected chi connectivity index (χ1v) is 4.46. The molecule has 0 saturated heterocycles. The van der Waals surface area contributed by atoms with Gasteiger partial charge in [0.05, 0.1) is 0 Å². The molecule has 0 aliphatic heterocycles. The molecule has 0 heterocycles. The van der Waals surface area contributed by atoms with Gasteiger partial charge < -0.3 is 22.9 Å². The van der Waals surface area contributed by atoms with Crippen molar-refractivity contribution in [3.05, 3.63) is 5.92 Å². The Morgan fingerprint density at radius 2 is 1.33 bits per heavy atom. The van der Waals surface area contributed by atoms with Gasteiger partial charge in [-0.1, -0.05) is 40.0 Å². The Balaban J connectivity index is 0. The molecule has 0 unspecified atom stereocenters. The fraction of sp³-hybridized carbons (Fsp3) is 0.900. The van der Waals surface area contributed by atoms with Crippen LogP contribution in [-0.4, -0.2) is 23.1 Å². The standard InChI is InChI=1S/C10H19.BrH.Mg/c1-10(2,3)9-7-5-4-6-8-9;;/h4-8H2,1-3H3;1H;/q-1;;+2/p-1. The van der Waals surface area contributed by atoms with Crippen LogP contribution in [0.3, 0.4) is 0 Å². The van der Waals surface area contributed by atoms with E-state index in [2.05, 4.69) is 20.8 Å². The summed E-state index contributed by atoms with van der Waals surface area (Å²) < 4.78 is 0. The molecule has 1 rings (SSSR count). The van der Waals surface area contributed by atoms with E-state index in [0.29, 0.717) is 5.41 Å². The molecule has 1 aliphatic carbocycles. The quantitative estimate of drug-likeness (QED) is 0.421. The number of hydrogen-bond donors (Lipinski definition) is 0. The number of halogens is 1. The molecule has 0 amide bonds. The molecule has 0 aromatic carbocycles. The van der Waals surface area contributed by atoms with Gasteiger partial charge in [-0.05, 0) is 0 Å². The molecule has 1 saturated carbocycles. The molecular formula is C10H19BrMg. The largest absolute Gasteiger partial charge is 2.00 e. The van der Waals surface area contributed by atoms with Crippen molar-refractivity contribution >= 4 is 23.1 Å². The minimum absolute atomic E-state index is 0. The van der Waals surface area contributed by atoms with Crippen molar-refractivity contribution < 1.29 is 17.0 Å². The average molecular weight is 243 g/mol. The normalized spacial score (nSPS) is 19.2. The van der Waals surface area contributed by atoms with Gasteiger partial charge in [0.1, 0.15) is 0 Å².